The lowest BCUT2D eigenvalue weighted by Gasteiger charge is -2.12. The van der Waals surface area contributed by atoms with Crippen molar-refractivity contribution >= 4 is 23.4 Å². The molecule has 0 amide bonds. The molecule has 0 saturated carbocycles. The highest BCUT2D eigenvalue weighted by Gasteiger charge is 2.10. The van der Waals surface area contributed by atoms with E-state index in [-0.39, 0.29) is 0 Å². The fourth-order valence-corrected chi connectivity index (χ4v) is 3.56. The summed E-state index contributed by atoms with van der Waals surface area (Å²) < 4.78 is 0. The number of nitrogens with one attached hydrogen (secondary N) is 1. The average Bonchev–Trinajstić information content (AvgIpc) is 2.41. The molecule has 1 heterocycles. The quantitative estimate of drug-likeness (QED) is 0.758. The van der Waals surface area contributed by atoms with Gasteiger partial charge in [0, 0.05) is 17.1 Å². The Morgan fingerprint density at radius 3 is 2.76 bits per heavy atom. The van der Waals surface area contributed by atoms with E-state index in [1.165, 1.54) is 11.1 Å². The van der Waals surface area contributed by atoms with Crippen molar-refractivity contribution in [2.24, 2.45) is 0 Å². The lowest BCUT2D eigenvalue weighted by Crippen LogP contribution is -2.14. The fraction of sp³-hybridized carbons (Fsp3) is 0.353. The molecular formula is C17H21ClN2S. The number of hydrogen-bond donors (Lipinski definition) is 1. The first kappa shape index (κ1) is 16.3. The second kappa shape index (κ2) is 7.83. The number of aromatic nitrogens is 1. The summed E-state index contributed by atoms with van der Waals surface area (Å²) in [5.74, 6) is 0. The first-order valence-electron chi connectivity index (χ1n) is 7.21. The maximum absolute atomic E-state index is 6.40. The minimum absolute atomic E-state index is 0.789. The summed E-state index contributed by atoms with van der Waals surface area (Å²) in [4.78, 5) is 5.69. The van der Waals surface area contributed by atoms with Gasteiger partial charge < -0.3 is 5.32 Å². The number of benzene rings is 1. The Morgan fingerprint density at radius 2 is 2.05 bits per heavy atom. The Bertz CT molecular complexity index is 593. The van der Waals surface area contributed by atoms with Crippen LogP contribution < -0.4 is 5.32 Å². The van der Waals surface area contributed by atoms with E-state index >= 15 is 0 Å². The minimum Gasteiger partial charge on any atom is -0.313 e. The second-order valence-corrected chi connectivity index (χ2v) is 6.57. The highest BCUT2D eigenvalue weighted by atomic mass is 35.5. The summed E-state index contributed by atoms with van der Waals surface area (Å²) in [6, 6.07) is 10.3. The molecule has 0 bridgehead atoms. The Kier molecular flexibility index (Phi) is 6.09. The van der Waals surface area contributed by atoms with Crippen LogP contribution in [0.4, 0.5) is 0 Å². The monoisotopic (exact) mass is 320 g/mol. The third kappa shape index (κ3) is 4.73. The Labute approximate surface area is 136 Å². The van der Waals surface area contributed by atoms with Gasteiger partial charge in [0.05, 0.1) is 5.02 Å². The first-order valence-corrected chi connectivity index (χ1v) is 8.41. The maximum Gasteiger partial charge on any atom is 0.101 e. The van der Waals surface area contributed by atoms with E-state index in [1.54, 1.807) is 11.8 Å². The van der Waals surface area contributed by atoms with E-state index in [0.29, 0.717) is 0 Å². The SMILES string of the molecule is CCCNCc1cccc(Cl)c1Sc1cc(C)cc(C)n1. The van der Waals surface area contributed by atoms with Gasteiger partial charge in [-0.05, 0) is 56.1 Å². The van der Waals surface area contributed by atoms with Crippen LogP contribution in [0.15, 0.2) is 40.3 Å². The summed E-state index contributed by atoms with van der Waals surface area (Å²) in [6.45, 7) is 8.13. The second-order valence-electron chi connectivity index (χ2n) is 5.13. The normalized spacial score (nSPS) is 10.9. The van der Waals surface area contributed by atoms with Crippen LogP contribution in [0.1, 0.15) is 30.2 Å². The summed E-state index contributed by atoms with van der Waals surface area (Å²) >= 11 is 8.04. The van der Waals surface area contributed by atoms with Gasteiger partial charge >= 0.3 is 0 Å². The van der Waals surface area contributed by atoms with Gasteiger partial charge in [0.15, 0.2) is 0 Å². The molecule has 112 valence electrons. The van der Waals surface area contributed by atoms with Crippen LogP contribution >= 0.6 is 23.4 Å². The summed E-state index contributed by atoms with van der Waals surface area (Å²) in [5, 5.41) is 5.22. The van der Waals surface area contributed by atoms with E-state index in [9.17, 15) is 0 Å². The van der Waals surface area contributed by atoms with E-state index in [4.69, 9.17) is 11.6 Å². The molecule has 1 aromatic heterocycles. The van der Waals surface area contributed by atoms with Gasteiger partial charge in [0.2, 0.25) is 0 Å². The third-order valence-corrected chi connectivity index (χ3v) is 4.60. The Hall–Kier alpha value is -1.03. The Morgan fingerprint density at radius 1 is 1.24 bits per heavy atom. The minimum atomic E-state index is 0.789. The molecule has 0 aliphatic heterocycles. The Balaban J connectivity index is 2.25. The van der Waals surface area contributed by atoms with Crippen LogP contribution in [-0.2, 0) is 6.54 Å². The van der Waals surface area contributed by atoms with Crippen LogP contribution in [0.2, 0.25) is 5.02 Å². The zero-order valence-electron chi connectivity index (χ0n) is 12.7. The number of nitrogens with zero attached hydrogens (tertiary/aromatic N) is 1. The van der Waals surface area contributed by atoms with E-state index in [0.717, 1.165) is 40.1 Å². The van der Waals surface area contributed by atoms with Crippen molar-refractivity contribution in [2.75, 3.05) is 6.54 Å². The van der Waals surface area contributed by atoms with Gasteiger partial charge in [0.1, 0.15) is 5.03 Å². The molecule has 2 rings (SSSR count). The zero-order valence-corrected chi connectivity index (χ0v) is 14.3. The van der Waals surface area contributed by atoms with Crippen molar-refractivity contribution in [1.29, 1.82) is 0 Å². The highest BCUT2D eigenvalue weighted by molar-refractivity contribution is 7.99. The van der Waals surface area contributed by atoms with Gasteiger partial charge in [-0.1, -0.05) is 42.4 Å². The van der Waals surface area contributed by atoms with Crippen molar-refractivity contribution in [3.05, 3.63) is 52.2 Å². The molecule has 0 atom stereocenters. The lowest BCUT2D eigenvalue weighted by molar-refractivity contribution is 0.669. The molecule has 4 heteroatoms. The molecule has 2 nitrogen and oxygen atoms in total. The molecule has 0 radical (unpaired) electrons. The van der Waals surface area contributed by atoms with Crippen molar-refractivity contribution in [3.63, 3.8) is 0 Å². The molecule has 1 N–H and O–H groups in total. The molecule has 1 aromatic carbocycles. The molecule has 0 saturated heterocycles. The number of rotatable bonds is 6. The average molecular weight is 321 g/mol. The summed E-state index contributed by atoms with van der Waals surface area (Å²) in [6.07, 6.45) is 1.13. The lowest BCUT2D eigenvalue weighted by atomic mass is 10.2. The van der Waals surface area contributed by atoms with Crippen LogP contribution in [0.5, 0.6) is 0 Å². The molecule has 0 spiro atoms. The van der Waals surface area contributed by atoms with Crippen molar-refractivity contribution in [1.82, 2.24) is 10.3 Å². The van der Waals surface area contributed by atoms with Gasteiger partial charge in [-0.25, -0.2) is 4.98 Å². The molecule has 0 aliphatic rings. The van der Waals surface area contributed by atoms with Crippen molar-refractivity contribution in [3.8, 4) is 0 Å². The molecule has 2 aromatic rings. The third-order valence-electron chi connectivity index (χ3n) is 3.07. The van der Waals surface area contributed by atoms with E-state index < -0.39 is 0 Å². The molecule has 0 fully saturated rings. The predicted octanol–water partition coefficient (Wildman–Crippen LogP) is 5.00. The summed E-state index contributed by atoms with van der Waals surface area (Å²) in [5.41, 5.74) is 3.49. The van der Waals surface area contributed by atoms with Crippen LogP contribution in [0.3, 0.4) is 0 Å². The number of aryl methyl sites for hydroxylation is 2. The van der Waals surface area contributed by atoms with Crippen molar-refractivity contribution < 1.29 is 0 Å². The summed E-state index contributed by atoms with van der Waals surface area (Å²) in [7, 11) is 0. The first-order chi connectivity index (χ1) is 10.1. The van der Waals surface area contributed by atoms with Gasteiger partial charge in [-0.2, -0.15) is 0 Å². The molecule has 0 aliphatic carbocycles. The van der Waals surface area contributed by atoms with Crippen LogP contribution in [0.25, 0.3) is 0 Å². The molecule has 0 unspecified atom stereocenters. The van der Waals surface area contributed by atoms with Crippen molar-refractivity contribution in [2.45, 2.75) is 43.7 Å². The molecule has 21 heavy (non-hydrogen) atoms. The number of pyridine rings is 1. The fourth-order valence-electron chi connectivity index (χ4n) is 2.17. The maximum atomic E-state index is 6.40. The van der Waals surface area contributed by atoms with E-state index in [1.807, 2.05) is 19.1 Å². The smallest absolute Gasteiger partial charge is 0.101 e. The van der Waals surface area contributed by atoms with Gasteiger partial charge in [-0.15, -0.1) is 0 Å². The number of hydrogen-bond acceptors (Lipinski definition) is 3. The van der Waals surface area contributed by atoms with Gasteiger partial charge in [0.25, 0.3) is 0 Å². The van der Waals surface area contributed by atoms with Crippen LogP contribution in [0, 0.1) is 13.8 Å². The predicted molar refractivity (Wildman–Crippen MR) is 91.3 cm³/mol. The van der Waals surface area contributed by atoms with E-state index in [2.05, 4.69) is 42.3 Å². The standard InChI is InChI=1S/C17H21ClN2S/c1-4-8-19-11-14-6-5-7-15(18)17(14)21-16-10-12(2)9-13(3)20-16/h5-7,9-10,19H,4,8,11H2,1-3H3. The largest absolute Gasteiger partial charge is 0.313 e. The topological polar surface area (TPSA) is 24.9 Å². The van der Waals surface area contributed by atoms with Crippen LogP contribution in [-0.4, -0.2) is 11.5 Å². The molecular weight excluding hydrogens is 300 g/mol. The highest BCUT2D eigenvalue weighted by Crippen LogP contribution is 2.35. The number of halogens is 1. The zero-order chi connectivity index (χ0) is 15.2. The van der Waals surface area contributed by atoms with Gasteiger partial charge in [-0.3, -0.25) is 0 Å².